The number of hydrogen-bond donors (Lipinski definition) is 0. The number of fused-ring (bicyclic) bond motifs is 1. The fourth-order valence-corrected chi connectivity index (χ4v) is 5.48. The molecule has 0 saturated carbocycles. The number of ether oxygens (including phenoxy) is 1. The zero-order valence-corrected chi connectivity index (χ0v) is 20.0. The van der Waals surface area contributed by atoms with E-state index in [2.05, 4.69) is 28.5 Å². The van der Waals surface area contributed by atoms with Crippen LogP contribution in [-0.2, 0) is 22.5 Å². The minimum Gasteiger partial charge on any atom is -0.466 e. The lowest BCUT2D eigenvalue weighted by atomic mass is 9.86. The summed E-state index contributed by atoms with van der Waals surface area (Å²) in [6.45, 7) is 8.38. The summed E-state index contributed by atoms with van der Waals surface area (Å²) in [5.74, 6) is -0.0844. The van der Waals surface area contributed by atoms with Crippen LogP contribution in [0.5, 0.6) is 0 Å². The van der Waals surface area contributed by atoms with Gasteiger partial charge in [0, 0.05) is 29.0 Å². The van der Waals surface area contributed by atoms with E-state index in [0.717, 1.165) is 56.6 Å². The molecule has 1 aliphatic rings. The Hall–Kier alpha value is -1.36. The summed E-state index contributed by atoms with van der Waals surface area (Å²) in [6, 6.07) is 10.9. The number of hydrogen-bond acceptors (Lipinski definition) is 4. The lowest BCUT2D eigenvalue weighted by molar-refractivity contribution is -0.153. The minimum atomic E-state index is -0.402. The Kier molecular flexibility index (Phi) is 8.38. The van der Waals surface area contributed by atoms with E-state index in [0.29, 0.717) is 12.6 Å². The number of unbranched alkanes of at least 4 members (excludes halogenated alkanes) is 2. The van der Waals surface area contributed by atoms with Crippen LogP contribution < -0.4 is 0 Å². The molecule has 1 aliphatic heterocycles. The minimum absolute atomic E-state index is 0.0844. The lowest BCUT2D eigenvalue weighted by Crippen LogP contribution is -2.33. The normalized spacial score (nSPS) is 15.6. The van der Waals surface area contributed by atoms with Gasteiger partial charge in [-0.25, -0.2) is 0 Å². The van der Waals surface area contributed by atoms with E-state index >= 15 is 0 Å². The molecule has 2 heterocycles. The van der Waals surface area contributed by atoms with Crippen LogP contribution in [0.15, 0.2) is 35.7 Å². The largest absolute Gasteiger partial charge is 0.466 e. The number of benzene rings is 1. The van der Waals surface area contributed by atoms with Crippen molar-refractivity contribution in [3.8, 4) is 0 Å². The fourth-order valence-electron chi connectivity index (χ4n) is 4.33. The molecule has 0 bridgehead atoms. The fraction of sp³-hybridized carbons (Fsp3) is 0.560. The molecule has 0 radical (unpaired) electrons. The summed E-state index contributed by atoms with van der Waals surface area (Å²) in [7, 11) is 0. The second-order valence-electron chi connectivity index (χ2n) is 8.83. The topological polar surface area (TPSA) is 29.5 Å². The second kappa shape index (κ2) is 10.8. The predicted octanol–water partition coefficient (Wildman–Crippen LogP) is 7.04. The van der Waals surface area contributed by atoms with Gasteiger partial charge in [0.2, 0.25) is 0 Å². The molecule has 164 valence electrons. The standard InChI is InChI=1S/C25H34ClNO2S/c1-4-29-24(28)25(2,3)15-9-5-6-12-22(20-10-7-8-11-21(20)26)27-16-13-23-19(18-27)14-17-30-23/h7-8,10-11,14,17,22H,4-6,9,12-13,15-16,18H2,1-3H3/t22-/m1/s1. The molecular formula is C25H34ClNO2S. The van der Waals surface area contributed by atoms with Crippen molar-refractivity contribution < 1.29 is 9.53 Å². The Morgan fingerprint density at radius 2 is 2.03 bits per heavy atom. The number of nitrogens with zero attached hydrogens (tertiary/aromatic N) is 1. The van der Waals surface area contributed by atoms with Gasteiger partial charge in [0.25, 0.3) is 0 Å². The molecule has 1 aromatic carbocycles. The maximum absolute atomic E-state index is 12.1. The van der Waals surface area contributed by atoms with E-state index in [1.807, 2.05) is 44.2 Å². The second-order valence-corrected chi connectivity index (χ2v) is 10.2. The highest BCUT2D eigenvalue weighted by Crippen LogP contribution is 2.36. The van der Waals surface area contributed by atoms with E-state index in [9.17, 15) is 4.79 Å². The van der Waals surface area contributed by atoms with Crippen LogP contribution in [0.3, 0.4) is 0 Å². The first-order valence-corrected chi connectivity index (χ1v) is 12.4. The van der Waals surface area contributed by atoms with Gasteiger partial charge in [-0.3, -0.25) is 9.69 Å². The van der Waals surface area contributed by atoms with Crippen LogP contribution in [0.1, 0.15) is 74.9 Å². The summed E-state index contributed by atoms with van der Waals surface area (Å²) < 4.78 is 5.21. The first-order chi connectivity index (χ1) is 14.4. The molecule has 0 saturated heterocycles. The first-order valence-electron chi connectivity index (χ1n) is 11.1. The molecule has 3 nitrogen and oxygen atoms in total. The summed E-state index contributed by atoms with van der Waals surface area (Å²) >= 11 is 8.49. The zero-order chi connectivity index (χ0) is 21.6. The summed E-state index contributed by atoms with van der Waals surface area (Å²) in [5, 5.41) is 3.08. The SMILES string of the molecule is CCOC(=O)C(C)(C)CCCCC[C@H](c1ccccc1Cl)N1CCc2sccc2C1. The van der Waals surface area contributed by atoms with Crippen molar-refractivity contribution >= 4 is 28.9 Å². The van der Waals surface area contributed by atoms with E-state index in [4.69, 9.17) is 16.3 Å². The summed E-state index contributed by atoms with van der Waals surface area (Å²) in [6.07, 6.45) is 6.36. The molecule has 0 unspecified atom stereocenters. The van der Waals surface area contributed by atoms with Gasteiger partial charge in [-0.05, 0) is 68.7 Å². The van der Waals surface area contributed by atoms with Crippen LogP contribution in [0.25, 0.3) is 0 Å². The van der Waals surface area contributed by atoms with Crippen molar-refractivity contribution in [2.45, 2.75) is 71.9 Å². The molecule has 5 heteroatoms. The molecule has 0 amide bonds. The average molecular weight is 448 g/mol. The Morgan fingerprint density at radius 3 is 2.80 bits per heavy atom. The van der Waals surface area contributed by atoms with Gasteiger partial charge in [0.15, 0.2) is 0 Å². The molecule has 0 N–H and O–H groups in total. The third-order valence-electron chi connectivity index (χ3n) is 6.15. The van der Waals surface area contributed by atoms with Gasteiger partial charge < -0.3 is 4.74 Å². The maximum Gasteiger partial charge on any atom is 0.311 e. The van der Waals surface area contributed by atoms with Crippen molar-refractivity contribution in [1.29, 1.82) is 0 Å². The van der Waals surface area contributed by atoms with Crippen molar-refractivity contribution in [2.75, 3.05) is 13.2 Å². The van der Waals surface area contributed by atoms with Crippen LogP contribution in [0.4, 0.5) is 0 Å². The number of carbonyl (C=O) groups is 1. The Morgan fingerprint density at radius 1 is 1.23 bits per heavy atom. The molecule has 0 spiro atoms. The van der Waals surface area contributed by atoms with Gasteiger partial charge in [-0.1, -0.05) is 49.1 Å². The van der Waals surface area contributed by atoms with Crippen LogP contribution in [-0.4, -0.2) is 24.0 Å². The summed E-state index contributed by atoms with van der Waals surface area (Å²) in [5.41, 5.74) is 2.31. The highest BCUT2D eigenvalue weighted by molar-refractivity contribution is 7.10. The third-order valence-corrected chi connectivity index (χ3v) is 7.52. The monoisotopic (exact) mass is 447 g/mol. The number of carbonyl (C=O) groups excluding carboxylic acids is 1. The third kappa shape index (κ3) is 5.87. The molecular weight excluding hydrogens is 414 g/mol. The van der Waals surface area contributed by atoms with Crippen LogP contribution >= 0.6 is 22.9 Å². The maximum atomic E-state index is 12.1. The van der Waals surface area contributed by atoms with Crippen molar-refractivity contribution in [3.63, 3.8) is 0 Å². The van der Waals surface area contributed by atoms with Gasteiger partial charge in [-0.15, -0.1) is 11.3 Å². The predicted molar refractivity (Wildman–Crippen MR) is 126 cm³/mol. The molecule has 1 atom stereocenters. The molecule has 3 rings (SSSR count). The molecule has 30 heavy (non-hydrogen) atoms. The van der Waals surface area contributed by atoms with Crippen molar-refractivity contribution in [1.82, 2.24) is 4.90 Å². The van der Waals surface area contributed by atoms with Gasteiger partial charge in [0.1, 0.15) is 0 Å². The molecule has 1 aromatic heterocycles. The van der Waals surface area contributed by atoms with Crippen LogP contribution in [0, 0.1) is 5.41 Å². The highest BCUT2D eigenvalue weighted by Gasteiger charge is 2.29. The average Bonchev–Trinajstić information content (AvgIpc) is 3.19. The first kappa shape index (κ1) is 23.3. The number of thiophene rings is 1. The zero-order valence-electron chi connectivity index (χ0n) is 18.5. The Labute approximate surface area is 190 Å². The van der Waals surface area contributed by atoms with Gasteiger partial charge in [0.05, 0.1) is 12.0 Å². The van der Waals surface area contributed by atoms with E-state index in [-0.39, 0.29) is 5.97 Å². The van der Waals surface area contributed by atoms with Gasteiger partial charge >= 0.3 is 5.97 Å². The quantitative estimate of drug-likeness (QED) is 0.289. The molecule has 2 aromatic rings. The van der Waals surface area contributed by atoms with E-state index < -0.39 is 5.41 Å². The number of rotatable bonds is 10. The number of halogens is 1. The van der Waals surface area contributed by atoms with Crippen LogP contribution in [0.2, 0.25) is 5.02 Å². The summed E-state index contributed by atoms with van der Waals surface area (Å²) in [4.78, 5) is 16.2. The van der Waals surface area contributed by atoms with E-state index in [1.165, 1.54) is 16.0 Å². The van der Waals surface area contributed by atoms with Crippen molar-refractivity contribution in [2.24, 2.45) is 5.41 Å². The Bertz CT molecular complexity index is 832. The van der Waals surface area contributed by atoms with Gasteiger partial charge in [-0.2, -0.15) is 0 Å². The van der Waals surface area contributed by atoms with Crippen molar-refractivity contribution in [3.05, 3.63) is 56.7 Å². The number of esters is 1. The molecule has 0 aliphatic carbocycles. The van der Waals surface area contributed by atoms with E-state index in [1.54, 1.807) is 0 Å². The smallest absolute Gasteiger partial charge is 0.311 e. The highest BCUT2D eigenvalue weighted by atomic mass is 35.5. The molecule has 0 fully saturated rings. The Balaban J connectivity index is 1.59. The lowest BCUT2D eigenvalue weighted by Gasteiger charge is -2.35.